The summed E-state index contributed by atoms with van der Waals surface area (Å²) in [5.41, 5.74) is 0.991. The van der Waals surface area contributed by atoms with Gasteiger partial charge in [0, 0.05) is 12.3 Å². The molecule has 1 aliphatic heterocycles. The molecule has 124 valence electrons. The van der Waals surface area contributed by atoms with Crippen molar-refractivity contribution in [3.8, 4) is 0 Å². The fourth-order valence-corrected chi connectivity index (χ4v) is 3.25. The molecule has 0 bridgehead atoms. The Morgan fingerprint density at radius 3 is 2.64 bits per heavy atom. The molecule has 0 aromatic carbocycles. The van der Waals surface area contributed by atoms with Gasteiger partial charge in [-0.15, -0.1) is 0 Å². The van der Waals surface area contributed by atoms with E-state index in [1.807, 2.05) is 13.8 Å². The SMILES string of the molecule is CC(C)CC(NC(=O)C1CC(C2CCCCC2)=NO1)B(O)O. The molecule has 1 amide bonds. The molecule has 0 aromatic heterocycles. The van der Waals surface area contributed by atoms with E-state index >= 15 is 0 Å². The number of oxime groups is 1. The largest absolute Gasteiger partial charge is 0.475 e. The number of hydrogen-bond donors (Lipinski definition) is 3. The number of rotatable bonds is 6. The topological polar surface area (TPSA) is 91.2 Å². The molecular formula is C15H27BN2O4. The zero-order chi connectivity index (χ0) is 16.1. The van der Waals surface area contributed by atoms with Crippen LogP contribution in [0, 0.1) is 11.8 Å². The normalized spacial score (nSPS) is 23.9. The van der Waals surface area contributed by atoms with Gasteiger partial charge in [0.2, 0.25) is 6.10 Å². The Bertz CT molecular complexity index is 408. The smallest absolute Gasteiger partial charge is 0.426 e. The first kappa shape index (κ1) is 17.3. The fraction of sp³-hybridized carbons (Fsp3) is 0.867. The van der Waals surface area contributed by atoms with Crippen molar-refractivity contribution >= 4 is 18.7 Å². The summed E-state index contributed by atoms with van der Waals surface area (Å²) < 4.78 is 0. The number of carbonyl (C=O) groups is 1. The van der Waals surface area contributed by atoms with E-state index in [0.717, 1.165) is 18.6 Å². The minimum Gasteiger partial charge on any atom is -0.426 e. The lowest BCUT2D eigenvalue weighted by Gasteiger charge is -2.22. The lowest BCUT2D eigenvalue weighted by Crippen LogP contribution is -2.50. The van der Waals surface area contributed by atoms with Crippen LogP contribution in [0.25, 0.3) is 0 Å². The van der Waals surface area contributed by atoms with Crippen molar-refractivity contribution in [2.24, 2.45) is 17.0 Å². The van der Waals surface area contributed by atoms with E-state index in [-0.39, 0.29) is 11.8 Å². The molecule has 0 saturated heterocycles. The second-order valence-electron chi connectivity index (χ2n) is 6.87. The highest BCUT2D eigenvalue weighted by Crippen LogP contribution is 2.29. The van der Waals surface area contributed by atoms with Gasteiger partial charge in [0.05, 0.1) is 11.7 Å². The van der Waals surface area contributed by atoms with Gasteiger partial charge in [-0.05, 0) is 25.2 Å². The quantitative estimate of drug-likeness (QED) is 0.644. The molecule has 0 aromatic rings. The highest BCUT2D eigenvalue weighted by molar-refractivity contribution is 6.43. The van der Waals surface area contributed by atoms with E-state index in [2.05, 4.69) is 10.5 Å². The summed E-state index contributed by atoms with van der Waals surface area (Å²) >= 11 is 0. The molecule has 3 N–H and O–H groups in total. The lowest BCUT2D eigenvalue weighted by molar-refractivity contribution is -0.131. The van der Waals surface area contributed by atoms with E-state index in [9.17, 15) is 14.8 Å². The van der Waals surface area contributed by atoms with Crippen LogP contribution in [-0.2, 0) is 9.63 Å². The van der Waals surface area contributed by atoms with Gasteiger partial charge in [-0.1, -0.05) is 38.3 Å². The van der Waals surface area contributed by atoms with Gasteiger partial charge < -0.3 is 20.2 Å². The highest BCUT2D eigenvalue weighted by Gasteiger charge is 2.35. The van der Waals surface area contributed by atoms with Crippen molar-refractivity contribution in [1.82, 2.24) is 5.32 Å². The molecule has 2 unspecified atom stereocenters. The molecule has 2 rings (SSSR count). The van der Waals surface area contributed by atoms with Gasteiger partial charge in [-0.25, -0.2) is 0 Å². The Morgan fingerprint density at radius 2 is 2.05 bits per heavy atom. The van der Waals surface area contributed by atoms with Crippen molar-refractivity contribution in [1.29, 1.82) is 0 Å². The van der Waals surface area contributed by atoms with E-state index < -0.39 is 19.2 Å². The van der Waals surface area contributed by atoms with Gasteiger partial charge in [0.1, 0.15) is 0 Å². The van der Waals surface area contributed by atoms with Crippen LogP contribution >= 0.6 is 0 Å². The predicted molar refractivity (Wildman–Crippen MR) is 85.1 cm³/mol. The number of amides is 1. The molecule has 2 aliphatic rings. The van der Waals surface area contributed by atoms with Crippen LogP contribution in [-0.4, -0.2) is 40.8 Å². The Kier molecular flexibility index (Phi) is 6.26. The number of nitrogens with zero attached hydrogens (tertiary/aromatic N) is 1. The molecular weight excluding hydrogens is 283 g/mol. The zero-order valence-corrected chi connectivity index (χ0v) is 13.5. The molecule has 0 radical (unpaired) electrons. The monoisotopic (exact) mass is 310 g/mol. The molecule has 1 fully saturated rings. The Balaban J connectivity index is 1.83. The number of carbonyl (C=O) groups excluding carboxylic acids is 1. The Labute approximate surface area is 132 Å². The molecule has 2 atom stereocenters. The summed E-state index contributed by atoms with van der Waals surface area (Å²) in [5.74, 6) is -0.282. The number of nitrogens with one attached hydrogen (secondary N) is 1. The first-order valence-electron chi connectivity index (χ1n) is 8.36. The van der Waals surface area contributed by atoms with Crippen molar-refractivity contribution in [3.05, 3.63) is 0 Å². The zero-order valence-electron chi connectivity index (χ0n) is 13.5. The Hall–Kier alpha value is -1.08. The molecule has 1 saturated carbocycles. The predicted octanol–water partition coefficient (Wildman–Crippen LogP) is 1.25. The average Bonchev–Trinajstić information content (AvgIpc) is 2.96. The highest BCUT2D eigenvalue weighted by atomic mass is 16.6. The molecule has 1 aliphatic carbocycles. The van der Waals surface area contributed by atoms with Crippen LogP contribution in [0.2, 0.25) is 0 Å². The molecule has 7 heteroatoms. The maximum absolute atomic E-state index is 12.2. The summed E-state index contributed by atoms with van der Waals surface area (Å²) in [5, 5.41) is 25.5. The van der Waals surface area contributed by atoms with Gasteiger partial charge >= 0.3 is 7.12 Å². The summed E-state index contributed by atoms with van der Waals surface area (Å²) in [4.78, 5) is 17.5. The van der Waals surface area contributed by atoms with Crippen LogP contribution < -0.4 is 5.32 Å². The number of hydrogen-bond acceptors (Lipinski definition) is 5. The minimum absolute atomic E-state index is 0.255. The van der Waals surface area contributed by atoms with Crippen molar-refractivity contribution in [2.45, 2.75) is 70.8 Å². The first-order chi connectivity index (χ1) is 10.5. The van der Waals surface area contributed by atoms with Crippen LogP contribution in [0.4, 0.5) is 0 Å². The van der Waals surface area contributed by atoms with Crippen LogP contribution in [0.3, 0.4) is 0 Å². The standard InChI is InChI=1S/C15H27BN2O4/c1-10(2)8-14(16(20)21)17-15(19)13-9-12(18-22-13)11-6-4-3-5-7-11/h10-11,13-14,20-21H,3-9H2,1-2H3,(H,17,19). The third-order valence-corrected chi connectivity index (χ3v) is 4.47. The third kappa shape index (κ3) is 4.71. The van der Waals surface area contributed by atoms with Crippen molar-refractivity contribution in [2.75, 3.05) is 0 Å². The maximum atomic E-state index is 12.2. The first-order valence-corrected chi connectivity index (χ1v) is 8.36. The third-order valence-electron chi connectivity index (χ3n) is 4.47. The summed E-state index contributed by atoms with van der Waals surface area (Å²) in [6, 6.07) is 0. The molecule has 0 spiro atoms. The van der Waals surface area contributed by atoms with Gasteiger partial charge in [0.15, 0.2) is 0 Å². The fourth-order valence-electron chi connectivity index (χ4n) is 3.25. The summed E-state index contributed by atoms with van der Waals surface area (Å²) in [6.45, 7) is 3.94. The van der Waals surface area contributed by atoms with Crippen LogP contribution in [0.1, 0.15) is 58.8 Å². The molecule has 6 nitrogen and oxygen atoms in total. The van der Waals surface area contributed by atoms with E-state index in [1.165, 1.54) is 19.3 Å². The second-order valence-corrected chi connectivity index (χ2v) is 6.87. The Morgan fingerprint density at radius 1 is 1.36 bits per heavy atom. The summed E-state index contributed by atoms with van der Waals surface area (Å²) in [6.07, 6.45) is 6.36. The van der Waals surface area contributed by atoms with Crippen molar-refractivity contribution in [3.63, 3.8) is 0 Å². The van der Waals surface area contributed by atoms with E-state index in [4.69, 9.17) is 4.84 Å². The van der Waals surface area contributed by atoms with Crippen LogP contribution in [0.15, 0.2) is 5.16 Å². The summed E-state index contributed by atoms with van der Waals surface area (Å²) in [7, 11) is -1.56. The van der Waals surface area contributed by atoms with Crippen molar-refractivity contribution < 1.29 is 19.7 Å². The minimum atomic E-state index is -1.56. The van der Waals surface area contributed by atoms with E-state index in [1.54, 1.807) is 0 Å². The molecule has 1 heterocycles. The lowest BCUT2D eigenvalue weighted by atomic mass is 9.75. The van der Waals surface area contributed by atoms with Crippen LogP contribution in [0.5, 0.6) is 0 Å². The second kappa shape index (κ2) is 7.97. The maximum Gasteiger partial charge on any atom is 0.475 e. The average molecular weight is 310 g/mol. The van der Waals surface area contributed by atoms with Gasteiger partial charge in [-0.2, -0.15) is 0 Å². The van der Waals surface area contributed by atoms with Gasteiger partial charge in [0.25, 0.3) is 5.91 Å². The van der Waals surface area contributed by atoms with E-state index in [0.29, 0.717) is 18.8 Å². The van der Waals surface area contributed by atoms with Gasteiger partial charge in [-0.3, -0.25) is 4.79 Å². The molecule has 22 heavy (non-hydrogen) atoms.